The first-order valence-corrected chi connectivity index (χ1v) is 4.01. The van der Waals surface area contributed by atoms with Crippen LogP contribution in [0.4, 0.5) is 0 Å². The number of ether oxygens (including phenoxy) is 1. The molecule has 12 heavy (non-hydrogen) atoms. The highest BCUT2D eigenvalue weighted by Gasteiger charge is 2.38. The van der Waals surface area contributed by atoms with Crippen LogP contribution in [0, 0.1) is 0 Å². The number of aliphatic hydroxyl groups is 4. The van der Waals surface area contributed by atoms with Crippen molar-refractivity contribution in [2.24, 2.45) is 0 Å². The topological polar surface area (TPSA) is 90.2 Å². The SMILES string of the molecule is OC[C@H]1O[C@H]([S-])[C@H](O)[C@@H](O)[C@@H]1O. The van der Waals surface area contributed by atoms with E-state index in [2.05, 4.69) is 12.6 Å². The van der Waals surface area contributed by atoms with Gasteiger partial charge in [-0.05, 0) is 5.44 Å². The molecule has 0 radical (unpaired) electrons. The highest BCUT2D eigenvalue weighted by molar-refractivity contribution is 7.59. The Balaban J connectivity index is 2.63. The van der Waals surface area contributed by atoms with Gasteiger partial charge < -0.3 is 37.8 Å². The Hall–Kier alpha value is 0.150. The molecular formula is C6H11O5S-. The van der Waals surface area contributed by atoms with Crippen LogP contribution in [-0.4, -0.2) is 56.9 Å². The zero-order valence-electron chi connectivity index (χ0n) is 6.20. The lowest BCUT2D eigenvalue weighted by Crippen LogP contribution is -2.57. The fourth-order valence-corrected chi connectivity index (χ4v) is 1.37. The third-order valence-electron chi connectivity index (χ3n) is 1.85. The molecular weight excluding hydrogens is 184 g/mol. The maximum absolute atomic E-state index is 9.18. The highest BCUT2D eigenvalue weighted by Crippen LogP contribution is 2.19. The van der Waals surface area contributed by atoms with Gasteiger partial charge in [-0.25, -0.2) is 0 Å². The first-order chi connectivity index (χ1) is 5.57. The minimum atomic E-state index is -1.35. The molecule has 0 saturated carbocycles. The number of rotatable bonds is 1. The van der Waals surface area contributed by atoms with Crippen molar-refractivity contribution in [3.05, 3.63) is 0 Å². The molecule has 1 saturated heterocycles. The molecule has 0 aromatic rings. The van der Waals surface area contributed by atoms with Crippen LogP contribution in [0.25, 0.3) is 0 Å². The van der Waals surface area contributed by atoms with Gasteiger partial charge in [-0.2, -0.15) is 0 Å². The van der Waals surface area contributed by atoms with Crippen molar-refractivity contribution in [3.63, 3.8) is 0 Å². The summed E-state index contributed by atoms with van der Waals surface area (Å²) in [5.41, 5.74) is -0.986. The summed E-state index contributed by atoms with van der Waals surface area (Å²) in [6.07, 6.45) is -4.83. The first-order valence-electron chi connectivity index (χ1n) is 3.54. The Kier molecular flexibility index (Phi) is 3.33. The van der Waals surface area contributed by atoms with Gasteiger partial charge >= 0.3 is 0 Å². The summed E-state index contributed by atoms with van der Waals surface area (Å²) in [5.74, 6) is 0. The van der Waals surface area contributed by atoms with Crippen molar-refractivity contribution in [2.75, 3.05) is 6.61 Å². The van der Waals surface area contributed by atoms with E-state index in [9.17, 15) is 5.11 Å². The van der Waals surface area contributed by atoms with Gasteiger partial charge in [0.25, 0.3) is 0 Å². The maximum Gasteiger partial charge on any atom is 0.111 e. The van der Waals surface area contributed by atoms with Gasteiger partial charge in [0.15, 0.2) is 0 Å². The standard InChI is InChI=1S/C6H12O5S/c7-1-2-3(8)4(9)5(10)6(12)11-2/h2-10,12H,1H2/p-1/t2-,3-,4+,5-,6-/m1/s1. The Morgan fingerprint density at radius 1 is 1.08 bits per heavy atom. The average molecular weight is 195 g/mol. The highest BCUT2D eigenvalue weighted by atomic mass is 32.1. The van der Waals surface area contributed by atoms with Crippen molar-refractivity contribution in [1.29, 1.82) is 0 Å². The second kappa shape index (κ2) is 3.91. The van der Waals surface area contributed by atoms with E-state index < -0.39 is 36.5 Å². The Labute approximate surface area is 75.0 Å². The van der Waals surface area contributed by atoms with Crippen LogP contribution < -0.4 is 0 Å². The molecule has 0 aromatic carbocycles. The Morgan fingerprint density at radius 3 is 2.17 bits per heavy atom. The monoisotopic (exact) mass is 195 g/mol. The van der Waals surface area contributed by atoms with E-state index in [-0.39, 0.29) is 0 Å². The molecule has 1 rings (SSSR count). The minimum Gasteiger partial charge on any atom is -0.759 e. The lowest BCUT2D eigenvalue weighted by Gasteiger charge is -2.43. The van der Waals surface area contributed by atoms with Crippen LogP contribution in [0.1, 0.15) is 0 Å². The molecule has 6 heteroatoms. The van der Waals surface area contributed by atoms with E-state index in [0.29, 0.717) is 0 Å². The summed E-state index contributed by atoms with van der Waals surface area (Å²) >= 11 is 4.63. The second-order valence-corrected chi connectivity index (χ2v) is 3.16. The average Bonchev–Trinajstić information content (AvgIpc) is 2.08. The van der Waals surface area contributed by atoms with Crippen LogP contribution >= 0.6 is 0 Å². The fourth-order valence-electron chi connectivity index (χ4n) is 1.07. The van der Waals surface area contributed by atoms with Crippen LogP contribution in [0.2, 0.25) is 0 Å². The Bertz CT molecular complexity index is 150. The van der Waals surface area contributed by atoms with E-state index in [1.54, 1.807) is 0 Å². The van der Waals surface area contributed by atoms with E-state index in [0.717, 1.165) is 0 Å². The maximum atomic E-state index is 9.18. The van der Waals surface area contributed by atoms with Crippen molar-refractivity contribution in [1.82, 2.24) is 0 Å². The van der Waals surface area contributed by atoms with Crippen molar-refractivity contribution < 1.29 is 25.2 Å². The van der Waals surface area contributed by atoms with Gasteiger partial charge in [0.2, 0.25) is 0 Å². The van der Waals surface area contributed by atoms with Crippen LogP contribution in [0.3, 0.4) is 0 Å². The molecule has 0 aromatic heterocycles. The van der Waals surface area contributed by atoms with E-state index in [1.165, 1.54) is 0 Å². The molecule has 1 aliphatic heterocycles. The van der Waals surface area contributed by atoms with Crippen LogP contribution in [0.5, 0.6) is 0 Å². The van der Waals surface area contributed by atoms with E-state index in [1.807, 2.05) is 0 Å². The van der Waals surface area contributed by atoms with E-state index >= 15 is 0 Å². The van der Waals surface area contributed by atoms with Gasteiger partial charge in [-0.1, -0.05) is 0 Å². The molecule has 72 valence electrons. The summed E-state index contributed by atoms with van der Waals surface area (Å²) < 4.78 is 4.84. The number of hydrogen-bond acceptors (Lipinski definition) is 6. The lowest BCUT2D eigenvalue weighted by atomic mass is 10.0. The van der Waals surface area contributed by atoms with Crippen molar-refractivity contribution in [3.8, 4) is 0 Å². The molecule has 0 spiro atoms. The normalized spacial score (nSPS) is 49.2. The molecule has 0 bridgehead atoms. The summed E-state index contributed by atoms with van der Waals surface area (Å²) in [7, 11) is 0. The van der Waals surface area contributed by atoms with Gasteiger partial charge in [0, 0.05) is 0 Å². The van der Waals surface area contributed by atoms with Crippen LogP contribution in [0.15, 0.2) is 0 Å². The number of aliphatic hydroxyl groups excluding tert-OH is 4. The van der Waals surface area contributed by atoms with Crippen LogP contribution in [-0.2, 0) is 17.4 Å². The zero-order chi connectivity index (χ0) is 9.30. The first kappa shape index (κ1) is 10.2. The third kappa shape index (κ3) is 1.73. The molecule has 0 unspecified atom stereocenters. The molecule has 1 heterocycles. The quantitative estimate of drug-likeness (QED) is 0.341. The number of hydrogen-bond donors (Lipinski definition) is 4. The molecule has 0 amide bonds. The van der Waals surface area contributed by atoms with Crippen molar-refractivity contribution in [2.45, 2.75) is 29.9 Å². The third-order valence-corrected chi connectivity index (χ3v) is 2.24. The smallest absolute Gasteiger partial charge is 0.111 e. The second-order valence-electron chi connectivity index (χ2n) is 2.70. The van der Waals surface area contributed by atoms with Gasteiger partial charge in [-0.15, -0.1) is 0 Å². The summed E-state index contributed by atoms with van der Waals surface area (Å²) in [6, 6.07) is 0. The summed E-state index contributed by atoms with van der Waals surface area (Å²) in [6.45, 7) is -0.432. The summed E-state index contributed by atoms with van der Waals surface area (Å²) in [4.78, 5) is 0. The van der Waals surface area contributed by atoms with E-state index in [4.69, 9.17) is 20.1 Å². The van der Waals surface area contributed by atoms with Gasteiger partial charge in [0.1, 0.15) is 18.3 Å². The molecule has 4 N–H and O–H groups in total. The molecule has 1 fully saturated rings. The van der Waals surface area contributed by atoms with Gasteiger partial charge in [0.05, 0.1) is 12.7 Å². The predicted molar refractivity (Wildman–Crippen MR) is 41.1 cm³/mol. The largest absolute Gasteiger partial charge is 0.759 e. The molecule has 5 nitrogen and oxygen atoms in total. The summed E-state index contributed by atoms with van der Waals surface area (Å²) in [5, 5.41) is 36.1. The fraction of sp³-hybridized carbons (Fsp3) is 1.00. The van der Waals surface area contributed by atoms with Crippen molar-refractivity contribution >= 4 is 12.6 Å². The predicted octanol–water partition coefficient (Wildman–Crippen LogP) is -2.67. The zero-order valence-corrected chi connectivity index (χ0v) is 7.02. The molecule has 5 atom stereocenters. The Morgan fingerprint density at radius 2 is 1.67 bits per heavy atom. The van der Waals surface area contributed by atoms with Gasteiger partial charge in [-0.3, -0.25) is 0 Å². The molecule has 0 aliphatic carbocycles. The minimum absolute atomic E-state index is 0.432. The lowest BCUT2D eigenvalue weighted by molar-refractivity contribution is -0.205. The molecule has 1 aliphatic rings.